The molecule has 0 saturated carbocycles. The van der Waals surface area contributed by atoms with Crippen LogP contribution in [0.4, 0.5) is 39.5 Å². The van der Waals surface area contributed by atoms with Crippen molar-refractivity contribution in [3.8, 4) is 0 Å². The summed E-state index contributed by atoms with van der Waals surface area (Å²) in [5, 5.41) is 9.56. The number of Topliss-reactive ketones (excluding diaryl/α,β-unsaturated/α-hetero) is 2. The van der Waals surface area contributed by atoms with E-state index in [1.165, 1.54) is 38.1 Å². The van der Waals surface area contributed by atoms with Gasteiger partial charge in [0.05, 0.1) is 5.56 Å². The van der Waals surface area contributed by atoms with Crippen molar-refractivity contribution in [2.75, 3.05) is 0 Å². The molecule has 0 fully saturated rings. The predicted molar refractivity (Wildman–Crippen MR) is 170 cm³/mol. The van der Waals surface area contributed by atoms with Crippen LogP contribution in [-0.2, 0) is 11.8 Å². The fourth-order valence-electron chi connectivity index (χ4n) is 6.41. The van der Waals surface area contributed by atoms with E-state index in [1.807, 2.05) is 0 Å². The lowest BCUT2D eigenvalue weighted by Gasteiger charge is -2.38. The summed E-state index contributed by atoms with van der Waals surface area (Å²) in [7, 11) is 0. The molecule has 1 atom stereocenters. The first-order chi connectivity index (χ1) is 23.5. The van der Waals surface area contributed by atoms with Crippen molar-refractivity contribution >= 4 is 17.5 Å². The number of alkyl halides is 9. The number of rotatable bonds is 10. The maximum Gasteiger partial charge on any atom is 0.411 e. The van der Waals surface area contributed by atoms with Gasteiger partial charge < -0.3 is 5.11 Å². The smallest absolute Gasteiger partial charge is 0.411 e. The van der Waals surface area contributed by atoms with E-state index in [4.69, 9.17) is 0 Å². The van der Waals surface area contributed by atoms with E-state index in [2.05, 4.69) is 0 Å². The lowest BCUT2D eigenvalue weighted by Crippen LogP contribution is -2.54. The highest BCUT2D eigenvalue weighted by Crippen LogP contribution is 2.56. The van der Waals surface area contributed by atoms with Crippen LogP contribution in [0.2, 0.25) is 0 Å². The first kappa shape index (κ1) is 38.9. The third-order valence-corrected chi connectivity index (χ3v) is 8.87. The standard InChI is InChI=1S/C38H31F9O4/c1-5-31(48)29-15-12-26(19-30(29)34(50)51)35(37(42,43)44,38(45,46)47)25-10-8-24(9-11-25)32(49)18-23-7-14-28(22(4)17-23)33(36(39,40)41)27-13-6-20(2)16-21(27)3/h6-17,19,33H,5,18H2,1-4H3,(H,50,51). The Kier molecular flexibility index (Phi) is 10.7. The number of carbonyl (C=O) groups is 3. The Morgan fingerprint density at radius 2 is 1.16 bits per heavy atom. The van der Waals surface area contributed by atoms with Gasteiger partial charge in [0.15, 0.2) is 11.6 Å². The Balaban J connectivity index is 1.72. The molecule has 4 aromatic carbocycles. The van der Waals surface area contributed by atoms with Gasteiger partial charge in [0.2, 0.25) is 5.41 Å². The van der Waals surface area contributed by atoms with Gasteiger partial charge >= 0.3 is 24.5 Å². The quantitative estimate of drug-likeness (QED) is 0.131. The highest BCUT2D eigenvalue weighted by atomic mass is 19.4. The van der Waals surface area contributed by atoms with Gasteiger partial charge in [-0.2, -0.15) is 39.5 Å². The molecule has 0 bridgehead atoms. The molecule has 0 heterocycles. The summed E-state index contributed by atoms with van der Waals surface area (Å²) in [4.78, 5) is 37.2. The maximum absolute atomic E-state index is 14.7. The topological polar surface area (TPSA) is 71.4 Å². The molecule has 0 saturated heterocycles. The average Bonchev–Trinajstić information content (AvgIpc) is 3.01. The number of benzene rings is 4. The van der Waals surface area contributed by atoms with Gasteiger partial charge in [-0.05, 0) is 65.8 Å². The molecule has 13 heteroatoms. The van der Waals surface area contributed by atoms with Crippen LogP contribution in [0.25, 0.3) is 0 Å². The monoisotopic (exact) mass is 722 g/mol. The molecule has 0 spiro atoms. The van der Waals surface area contributed by atoms with Gasteiger partial charge in [0.1, 0.15) is 5.92 Å². The first-order valence-electron chi connectivity index (χ1n) is 15.5. The zero-order chi connectivity index (χ0) is 38.3. The fraction of sp³-hybridized carbons (Fsp3) is 0.289. The minimum atomic E-state index is -6.08. The maximum atomic E-state index is 14.7. The normalized spacial score (nSPS) is 13.2. The summed E-state index contributed by atoms with van der Waals surface area (Å²) in [6.07, 6.45) is -17.5. The van der Waals surface area contributed by atoms with Crippen LogP contribution in [0.15, 0.2) is 78.9 Å². The molecule has 4 nitrogen and oxygen atoms in total. The zero-order valence-electron chi connectivity index (χ0n) is 27.6. The van der Waals surface area contributed by atoms with Crippen molar-refractivity contribution in [3.05, 3.63) is 140 Å². The second-order valence-electron chi connectivity index (χ2n) is 12.3. The van der Waals surface area contributed by atoms with Gasteiger partial charge in [-0.3, -0.25) is 9.59 Å². The number of aryl methyl sites for hydroxylation is 3. The van der Waals surface area contributed by atoms with Gasteiger partial charge in [-0.1, -0.05) is 85.3 Å². The van der Waals surface area contributed by atoms with Crippen molar-refractivity contribution in [1.29, 1.82) is 0 Å². The number of halogens is 9. The summed E-state index contributed by atoms with van der Waals surface area (Å²) in [5.74, 6) is -5.42. The number of ketones is 2. The third kappa shape index (κ3) is 7.43. The Morgan fingerprint density at radius 3 is 1.63 bits per heavy atom. The molecular formula is C38H31F9O4. The highest BCUT2D eigenvalue weighted by Gasteiger charge is 2.72. The molecule has 0 amide bonds. The molecule has 1 unspecified atom stereocenters. The second kappa shape index (κ2) is 14.0. The van der Waals surface area contributed by atoms with Gasteiger partial charge in [-0.15, -0.1) is 0 Å². The minimum absolute atomic E-state index is 0.0520. The van der Waals surface area contributed by atoms with E-state index in [0.717, 1.165) is 17.7 Å². The summed E-state index contributed by atoms with van der Waals surface area (Å²) in [6.45, 7) is 6.10. The highest BCUT2D eigenvalue weighted by molar-refractivity contribution is 6.06. The van der Waals surface area contributed by atoms with Gasteiger partial charge in [-0.25, -0.2) is 4.79 Å². The van der Waals surface area contributed by atoms with E-state index < -0.39 is 76.1 Å². The largest absolute Gasteiger partial charge is 0.478 e. The van der Waals surface area contributed by atoms with Crippen molar-refractivity contribution in [2.45, 2.75) is 70.4 Å². The van der Waals surface area contributed by atoms with Crippen LogP contribution in [0.5, 0.6) is 0 Å². The van der Waals surface area contributed by atoms with Gasteiger partial charge in [0.25, 0.3) is 0 Å². The van der Waals surface area contributed by atoms with Crippen LogP contribution in [0, 0.1) is 20.8 Å². The molecular weight excluding hydrogens is 691 g/mol. The fourth-order valence-corrected chi connectivity index (χ4v) is 6.41. The minimum Gasteiger partial charge on any atom is -0.478 e. The Bertz CT molecular complexity index is 1960. The zero-order valence-corrected chi connectivity index (χ0v) is 27.6. The van der Waals surface area contributed by atoms with Crippen molar-refractivity contribution in [1.82, 2.24) is 0 Å². The predicted octanol–water partition coefficient (Wildman–Crippen LogP) is 10.4. The summed E-state index contributed by atoms with van der Waals surface area (Å²) >= 11 is 0. The van der Waals surface area contributed by atoms with Gasteiger partial charge in [0, 0.05) is 24.0 Å². The number of hydrogen-bond donors (Lipinski definition) is 1. The van der Waals surface area contributed by atoms with Crippen LogP contribution in [0.1, 0.15) is 94.8 Å². The van der Waals surface area contributed by atoms with E-state index in [-0.39, 0.29) is 40.3 Å². The van der Waals surface area contributed by atoms with Crippen molar-refractivity contribution < 1.29 is 59.0 Å². The average molecular weight is 723 g/mol. The number of carboxylic acid groups (broad SMARTS) is 1. The Labute approximate surface area is 286 Å². The molecule has 4 rings (SSSR count). The molecule has 0 radical (unpaired) electrons. The number of carbonyl (C=O) groups excluding carboxylic acids is 2. The van der Waals surface area contributed by atoms with Crippen molar-refractivity contribution in [2.24, 2.45) is 0 Å². The Morgan fingerprint density at radius 1 is 0.627 bits per heavy atom. The molecule has 4 aromatic rings. The molecule has 1 N–H and O–H groups in total. The van der Waals surface area contributed by atoms with Crippen LogP contribution in [-0.4, -0.2) is 41.2 Å². The van der Waals surface area contributed by atoms with E-state index in [9.17, 15) is 59.0 Å². The summed E-state index contributed by atoms with van der Waals surface area (Å²) < 4.78 is 131. The number of carboxylic acids is 1. The molecule has 51 heavy (non-hydrogen) atoms. The SMILES string of the molecule is CCC(=O)c1ccc(C(c2ccc(C(=O)Cc3ccc(C(c4ccc(C)cc4C)C(F)(F)F)c(C)c3)cc2)(C(F)(F)F)C(F)(F)F)cc1C(=O)O. The summed E-state index contributed by atoms with van der Waals surface area (Å²) in [5.41, 5.74) is -7.81. The molecule has 0 aromatic heterocycles. The second-order valence-corrected chi connectivity index (χ2v) is 12.3. The van der Waals surface area contributed by atoms with Crippen LogP contribution >= 0.6 is 0 Å². The lowest BCUT2D eigenvalue weighted by molar-refractivity contribution is -0.288. The molecule has 270 valence electrons. The summed E-state index contributed by atoms with van der Waals surface area (Å²) in [6, 6.07) is 12.2. The van der Waals surface area contributed by atoms with Crippen LogP contribution in [0.3, 0.4) is 0 Å². The number of aromatic carboxylic acids is 1. The van der Waals surface area contributed by atoms with E-state index >= 15 is 0 Å². The molecule has 0 aliphatic rings. The number of hydrogen-bond acceptors (Lipinski definition) is 3. The van der Waals surface area contributed by atoms with Crippen LogP contribution < -0.4 is 0 Å². The van der Waals surface area contributed by atoms with E-state index in [1.54, 1.807) is 26.0 Å². The lowest BCUT2D eigenvalue weighted by atomic mass is 9.72. The van der Waals surface area contributed by atoms with E-state index in [0.29, 0.717) is 29.8 Å². The molecule has 0 aliphatic heterocycles. The van der Waals surface area contributed by atoms with Crippen molar-refractivity contribution in [3.63, 3.8) is 0 Å². The molecule has 0 aliphatic carbocycles. The third-order valence-electron chi connectivity index (χ3n) is 8.87. The first-order valence-corrected chi connectivity index (χ1v) is 15.5. The Hall–Kier alpha value is -4.94.